The summed E-state index contributed by atoms with van der Waals surface area (Å²) in [6.45, 7) is 2.59. The lowest BCUT2D eigenvalue weighted by atomic mass is 10.1. The van der Waals surface area contributed by atoms with Crippen LogP contribution in [0.25, 0.3) is 0 Å². The minimum atomic E-state index is -0.922. The van der Waals surface area contributed by atoms with Crippen LogP contribution in [-0.4, -0.2) is 15.6 Å². The summed E-state index contributed by atoms with van der Waals surface area (Å²) < 4.78 is 1.79. The number of rotatable bonds is 5. The van der Waals surface area contributed by atoms with Gasteiger partial charge in [0.05, 0.1) is 5.56 Å². The molecule has 1 aromatic heterocycles. The van der Waals surface area contributed by atoms with E-state index in [0.717, 1.165) is 11.3 Å². The van der Waals surface area contributed by atoms with Gasteiger partial charge in [-0.25, -0.2) is 4.79 Å². The molecule has 0 spiro atoms. The SMILES string of the molecule is Cc1cc(C2CC2)cc(=O)n1CCc1ccc(C(=O)O)cc1. The van der Waals surface area contributed by atoms with Crippen molar-refractivity contribution in [2.24, 2.45) is 0 Å². The van der Waals surface area contributed by atoms with Gasteiger partial charge >= 0.3 is 5.97 Å². The third kappa shape index (κ3) is 3.11. The van der Waals surface area contributed by atoms with Crippen molar-refractivity contribution in [3.8, 4) is 0 Å². The molecule has 0 saturated heterocycles. The quantitative estimate of drug-likeness (QED) is 0.923. The van der Waals surface area contributed by atoms with E-state index in [4.69, 9.17) is 5.11 Å². The molecule has 0 unspecified atom stereocenters. The van der Waals surface area contributed by atoms with E-state index >= 15 is 0 Å². The molecule has 1 saturated carbocycles. The van der Waals surface area contributed by atoms with Crippen LogP contribution in [0.4, 0.5) is 0 Å². The summed E-state index contributed by atoms with van der Waals surface area (Å²) in [5, 5.41) is 8.89. The van der Waals surface area contributed by atoms with Gasteiger partial charge in [-0.2, -0.15) is 0 Å². The zero-order valence-corrected chi connectivity index (χ0v) is 12.6. The summed E-state index contributed by atoms with van der Waals surface area (Å²) in [6, 6.07) is 10.7. The molecular weight excluding hydrogens is 278 g/mol. The Morgan fingerprint density at radius 2 is 1.91 bits per heavy atom. The Hall–Kier alpha value is -2.36. The molecule has 0 radical (unpaired) electrons. The number of aromatic carboxylic acids is 1. The van der Waals surface area contributed by atoms with Crippen molar-refractivity contribution in [3.05, 3.63) is 69.1 Å². The van der Waals surface area contributed by atoms with Crippen molar-refractivity contribution >= 4 is 5.97 Å². The topological polar surface area (TPSA) is 59.3 Å². The fourth-order valence-corrected chi connectivity index (χ4v) is 2.75. The molecule has 2 aromatic rings. The molecule has 0 atom stereocenters. The minimum Gasteiger partial charge on any atom is -0.478 e. The first kappa shape index (κ1) is 14.6. The Morgan fingerprint density at radius 3 is 2.45 bits per heavy atom. The number of carboxylic acids is 1. The van der Waals surface area contributed by atoms with Gasteiger partial charge < -0.3 is 9.67 Å². The molecule has 1 aliphatic rings. The molecule has 1 fully saturated rings. The molecule has 22 heavy (non-hydrogen) atoms. The van der Waals surface area contributed by atoms with Crippen LogP contribution in [0, 0.1) is 6.92 Å². The summed E-state index contributed by atoms with van der Waals surface area (Å²) in [5.74, 6) is -0.334. The van der Waals surface area contributed by atoms with E-state index < -0.39 is 5.97 Å². The highest BCUT2D eigenvalue weighted by atomic mass is 16.4. The second-order valence-electron chi connectivity index (χ2n) is 5.95. The summed E-state index contributed by atoms with van der Waals surface area (Å²) in [6.07, 6.45) is 3.10. The number of pyridine rings is 1. The molecule has 4 heteroatoms. The molecule has 0 aliphatic heterocycles. The molecule has 0 bridgehead atoms. The normalized spacial score (nSPS) is 14.0. The van der Waals surface area contributed by atoms with Gasteiger partial charge in [-0.15, -0.1) is 0 Å². The Morgan fingerprint density at radius 1 is 1.23 bits per heavy atom. The van der Waals surface area contributed by atoms with E-state index in [1.54, 1.807) is 22.8 Å². The number of benzene rings is 1. The van der Waals surface area contributed by atoms with Gasteiger partial charge in [0.15, 0.2) is 0 Å². The second-order valence-corrected chi connectivity index (χ2v) is 5.95. The maximum Gasteiger partial charge on any atom is 0.335 e. The highest BCUT2D eigenvalue weighted by molar-refractivity contribution is 5.87. The predicted octanol–water partition coefficient (Wildman–Crippen LogP) is 2.98. The van der Waals surface area contributed by atoms with Crippen molar-refractivity contribution in [2.45, 2.75) is 38.6 Å². The van der Waals surface area contributed by atoms with Gasteiger partial charge in [0.1, 0.15) is 0 Å². The number of carbonyl (C=O) groups is 1. The summed E-state index contributed by atoms with van der Waals surface area (Å²) in [5.41, 5.74) is 3.54. The van der Waals surface area contributed by atoms with Crippen LogP contribution < -0.4 is 5.56 Å². The molecule has 4 nitrogen and oxygen atoms in total. The Labute approximate surface area is 129 Å². The average Bonchev–Trinajstić information content (AvgIpc) is 3.31. The Balaban J connectivity index is 1.73. The van der Waals surface area contributed by atoms with E-state index in [1.165, 1.54) is 18.4 Å². The van der Waals surface area contributed by atoms with E-state index in [2.05, 4.69) is 6.07 Å². The van der Waals surface area contributed by atoms with E-state index in [-0.39, 0.29) is 11.1 Å². The molecule has 1 aliphatic carbocycles. The molecule has 1 aromatic carbocycles. The maximum atomic E-state index is 12.2. The largest absolute Gasteiger partial charge is 0.478 e. The van der Waals surface area contributed by atoms with Crippen molar-refractivity contribution in [3.63, 3.8) is 0 Å². The van der Waals surface area contributed by atoms with Crippen molar-refractivity contribution < 1.29 is 9.90 Å². The van der Waals surface area contributed by atoms with E-state index in [1.807, 2.05) is 19.1 Å². The Kier molecular flexibility index (Phi) is 3.84. The van der Waals surface area contributed by atoms with Crippen molar-refractivity contribution in [2.75, 3.05) is 0 Å². The third-order valence-corrected chi connectivity index (χ3v) is 4.23. The van der Waals surface area contributed by atoms with Crippen molar-refractivity contribution in [1.29, 1.82) is 0 Å². The number of carboxylic acid groups (broad SMARTS) is 1. The third-order valence-electron chi connectivity index (χ3n) is 4.23. The van der Waals surface area contributed by atoms with Gasteiger partial charge in [-0.3, -0.25) is 4.79 Å². The fraction of sp³-hybridized carbons (Fsp3) is 0.333. The number of hydrogen-bond acceptors (Lipinski definition) is 2. The summed E-state index contributed by atoms with van der Waals surface area (Å²) in [4.78, 5) is 23.1. The minimum absolute atomic E-state index is 0.0593. The molecule has 3 rings (SSSR count). The van der Waals surface area contributed by atoms with E-state index in [9.17, 15) is 9.59 Å². The zero-order valence-electron chi connectivity index (χ0n) is 12.6. The van der Waals surface area contributed by atoms with E-state index in [0.29, 0.717) is 18.9 Å². The summed E-state index contributed by atoms with van der Waals surface area (Å²) >= 11 is 0. The second kappa shape index (κ2) is 5.79. The first-order valence-electron chi connectivity index (χ1n) is 7.58. The van der Waals surface area contributed by atoms with Crippen molar-refractivity contribution in [1.82, 2.24) is 4.57 Å². The highest BCUT2D eigenvalue weighted by Gasteiger charge is 2.24. The molecule has 1 N–H and O–H groups in total. The highest BCUT2D eigenvalue weighted by Crippen LogP contribution is 2.39. The van der Waals surface area contributed by atoms with Gasteiger partial charge in [-0.1, -0.05) is 12.1 Å². The monoisotopic (exact) mass is 297 g/mol. The lowest BCUT2D eigenvalue weighted by Crippen LogP contribution is -2.23. The summed E-state index contributed by atoms with van der Waals surface area (Å²) in [7, 11) is 0. The lowest BCUT2D eigenvalue weighted by Gasteiger charge is -2.11. The smallest absolute Gasteiger partial charge is 0.335 e. The van der Waals surface area contributed by atoms with Gasteiger partial charge in [-0.05, 0) is 61.4 Å². The van der Waals surface area contributed by atoms with Crippen LogP contribution >= 0.6 is 0 Å². The molecule has 1 heterocycles. The molecule has 114 valence electrons. The van der Waals surface area contributed by atoms with Crippen LogP contribution in [0.3, 0.4) is 0 Å². The zero-order chi connectivity index (χ0) is 15.7. The first-order chi connectivity index (χ1) is 10.5. The first-order valence-corrected chi connectivity index (χ1v) is 7.58. The van der Waals surface area contributed by atoms with Crippen LogP contribution in [0.2, 0.25) is 0 Å². The maximum absolute atomic E-state index is 12.2. The average molecular weight is 297 g/mol. The van der Waals surface area contributed by atoms with Crippen LogP contribution in [0.5, 0.6) is 0 Å². The lowest BCUT2D eigenvalue weighted by molar-refractivity contribution is 0.0697. The van der Waals surface area contributed by atoms with Crippen LogP contribution in [0.15, 0.2) is 41.2 Å². The number of hydrogen-bond donors (Lipinski definition) is 1. The van der Waals surface area contributed by atoms with Gasteiger partial charge in [0.2, 0.25) is 0 Å². The number of nitrogens with zero attached hydrogens (tertiary/aromatic N) is 1. The molecular formula is C18H19NO3. The number of aromatic nitrogens is 1. The number of aryl methyl sites for hydroxylation is 2. The van der Waals surface area contributed by atoms with Crippen LogP contribution in [-0.2, 0) is 13.0 Å². The Bertz CT molecular complexity index is 755. The molecule has 0 amide bonds. The van der Waals surface area contributed by atoms with Crippen LogP contribution in [0.1, 0.15) is 45.9 Å². The van der Waals surface area contributed by atoms with Gasteiger partial charge in [0, 0.05) is 18.3 Å². The standard InChI is InChI=1S/C18H19NO3/c1-12-10-16(14-6-7-14)11-17(20)19(12)9-8-13-2-4-15(5-3-13)18(21)22/h2-5,10-11,14H,6-9H2,1H3,(H,21,22). The van der Waals surface area contributed by atoms with Gasteiger partial charge in [0.25, 0.3) is 5.56 Å². The predicted molar refractivity (Wildman–Crippen MR) is 84.5 cm³/mol. The fourth-order valence-electron chi connectivity index (χ4n) is 2.75.